The van der Waals surface area contributed by atoms with Crippen LogP contribution in [0.4, 0.5) is 0 Å². The third kappa shape index (κ3) is 16.2. The Hall–Kier alpha value is -3.78. The molecule has 0 unspecified atom stereocenters. The van der Waals surface area contributed by atoms with Gasteiger partial charge in [0.05, 0.1) is 13.1 Å². The summed E-state index contributed by atoms with van der Waals surface area (Å²) >= 11 is 3.44. The average Bonchev–Trinajstić information content (AvgIpc) is 3.01. The first kappa shape index (κ1) is 37.4. The number of ether oxygens (including phenoxy) is 2. The predicted octanol–water partition coefficient (Wildman–Crippen LogP) is 8.32. The minimum absolute atomic E-state index is 0.0444. The van der Waals surface area contributed by atoms with E-state index in [2.05, 4.69) is 106 Å². The molecular formula is C38H47BrN2O4. The number of alkyl halides is 1. The van der Waals surface area contributed by atoms with Crippen molar-refractivity contribution in [3.05, 3.63) is 120 Å². The summed E-state index contributed by atoms with van der Waals surface area (Å²) in [5.74, 6) is -0.587. The molecule has 0 fully saturated rings. The molecule has 7 heteroatoms. The molecule has 0 aliphatic rings. The molecule has 4 rings (SSSR count). The van der Waals surface area contributed by atoms with Gasteiger partial charge >= 0.3 is 11.9 Å². The highest BCUT2D eigenvalue weighted by Crippen LogP contribution is 2.20. The van der Waals surface area contributed by atoms with Crippen LogP contribution in [-0.2, 0) is 30.9 Å². The van der Waals surface area contributed by atoms with Crippen LogP contribution in [0.25, 0.3) is 22.3 Å². The van der Waals surface area contributed by atoms with Crippen LogP contribution in [0.1, 0.15) is 52.7 Å². The van der Waals surface area contributed by atoms with Crippen LogP contribution in [0.5, 0.6) is 0 Å². The van der Waals surface area contributed by atoms with Crippen molar-refractivity contribution < 1.29 is 19.1 Å². The van der Waals surface area contributed by atoms with Gasteiger partial charge in [-0.3, -0.25) is 9.59 Å². The normalized spacial score (nSPS) is 10.8. The molecule has 0 atom stereocenters. The van der Waals surface area contributed by atoms with E-state index in [4.69, 9.17) is 15.2 Å². The molecule has 0 spiro atoms. The van der Waals surface area contributed by atoms with Gasteiger partial charge in [-0.05, 0) is 74.9 Å². The number of nitrogens with two attached hydrogens (primary N) is 1. The Morgan fingerprint density at radius 2 is 0.978 bits per heavy atom. The second-order valence-corrected chi connectivity index (χ2v) is 12.8. The number of carbonyl (C=O) groups is 2. The van der Waals surface area contributed by atoms with Gasteiger partial charge in [0.1, 0.15) is 11.2 Å². The summed E-state index contributed by atoms with van der Waals surface area (Å²) in [4.78, 5) is 22.1. The lowest BCUT2D eigenvalue weighted by atomic mass is 10.0. The molecule has 0 aromatic heterocycles. The molecule has 240 valence electrons. The van der Waals surface area contributed by atoms with Crippen LogP contribution >= 0.6 is 15.9 Å². The van der Waals surface area contributed by atoms with E-state index in [9.17, 15) is 9.59 Å². The molecule has 0 saturated carbocycles. The lowest BCUT2D eigenvalue weighted by Crippen LogP contribution is -2.31. The topological polar surface area (TPSA) is 90.7 Å². The zero-order valence-electron chi connectivity index (χ0n) is 27.3. The van der Waals surface area contributed by atoms with Gasteiger partial charge in [-0.2, -0.15) is 0 Å². The van der Waals surface area contributed by atoms with Crippen molar-refractivity contribution in [3.63, 3.8) is 0 Å². The Morgan fingerprint density at radius 1 is 0.600 bits per heavy atom. The first-order valence-electron chi connectivity index (χ1n) is 15.0. The second-order valence-electron chi connectivity index (χ2n) is 12.2. The molecule has 0 heterocycles. The predicted molar refractivity (Wildman–Crippen MR) is 189 cm³/mol. The molecule has 4 aromatic rings. The molecular weight excluding hydrogens is 628 g/mol. The average molecular weight is 676 g/mol. The van der Waals surface area contributed by atoms with E-state index in [1.807, 2.05) is 45.0 Å². The SMILES string of the molecule is BrCc1ccc(-c2ccccc2)cc1.CC(C)(C)OC(=O)CN.CC(C)(C)OC(=O)CNCc1ccc(-c2ccccc2)cc1. The summed E-state index contributed by atoms with van der Waals surface area (Å²) < 4.78 is 10.1. The van der Waals surface area contributed by atoms with Gasteiger partial charge in [-0.25, -0.2) is 0 Å². The van der Waals surface area contributed by atoms with Gasteiger partial charge in [0.25, 0.3) is 0 Å². The maximum Gasteiger partial charge on any atom is 0.320 e. The molecule has 3 N–H and O–H groups in total. The highest BCUT2D eigenvalue weighted by Gasteiger charge is 2.15. The van der Waals surface area contributed by atoms with Crippen LogP contribution in [0, 0.1) is 0 Å². The number of esters is 2. The van der Waals surface area contributed by atoms with Crippen LogP contribution in [0.3, 0.4) is 0 Å². The quantitative estimate of drug-likeness (QED) is 0.144. The maximum absolute atomic E-state index is 11.6. The summed E-state index contributed by atoms with van der Waals surface area (Å²) in [6, 6.07) is 37.6. The smallest absolute Gasteiger partial charge is 0.320 e. The van der Waals surface area contributed by atoms with E-state index in [1.54, 1.807) is 20.8 Å². The number of rotatable bonds is 8. The molecule has 0 saturated heterocycles. The minimum Gasteiger partial charge on any atom is -0.459 e. The van der Waals surface area contributed by atoms with Crippen LogP contribution in [0.15, 0.2) is 109 Å². The monoisotopic (exact) mass is 674 g/mol. The second kappa shape index (κ2) is 18.9. The van der Waals surface area contributed by atoms with Gasteiger partial charge in [-0.1, -0.05) is 125 Å². The first-order chi connectivity index (χ1) is 21.3. The Bertz CT molecular complexity index is 1410. The Morgan fingerprint density at radius 3 is 1.33 bits per heavy atom. The molecule has 0 radical (unpaired) electrons. The van der Waals surface area contributed by atoms with Crippen LogP contribution in [-0.4, -0.2) is 36.2 Å². The van der Waals surface area contributed by atoms with E-state index in [0.29, 0.717) is 6.54 Å². The summed E-state index contributed by atoms with van der Waals surface area (Å²) in [5, 5.41) is 4.03. The van der Waals surface area contributed by atoms with Gasteiger partial charge in [0.15, 0.2) is 0 Å². The van der Waals surface area contributed by atoms with E-state index >= 15 is 0 Å². The highest BCUT2D eigenvalue weighted by atomic mass is 79.9. The molecule has 6 nitrogen and oxygen atoms in total. The van der Waals surface area contributed by atoms with Crippen molar-refractivity contribution in [1.29, 1.82) is 0 Å². The number of hydrogen-bond donors (Lipinski definition) is 2. The van der Waals surface area contributed by atoms with E-state index in [1.165, 1.54) is 27.8 Å². The fraction of sp³-hybridized carbons (Fsp3) is 0.316. The van der Waals surface area contributed by atoms with Gasteiger partial charge in [0.2, 0.25) is 0 Å². The van der Waals surface area contributed by atoms with Crippen LogP contribution < -0.4 is 11.1 Å². The molecule has 45 heavy (non-hydrogen) atoms. The molecule has 0 bridgehead atoms. The zero-order chi connectivity index (χ0) is 33.3. The number of carbonyl (C=O) groups excluding carboxylic acids is 2. The van der Waals surface area contributed by atoms with Crippen LogP contribution in [0.2, 0.25) is 0 Å². The van der Waals surface area contributed by atoms with E-state index in [0.717, 1.165) is 10.9 Å². The molecule has 4 aromatic carbocycles. The zero-order valence-corrected chi connectivity index (χ0v) is 28.9. The molecule has 0 aliphatic heterocycles. The lowest BCUT2D eigenvalue weighted by molar-refractivity contribution is -0.154. The molecule has 0 amide bonds. The minimum atomic E-state index is -0.434. The van der Waals surface area contributed by atoms with Crippen molar-refractivity contribution in [2.24, 2.45) is 5.73 Å². The van der Waals surface area contributed by atoms with Crippen molar-refractivity contribution in [3.8, 4) is 22.3 Å². The maximum atomic E-state index is 11.6. The van der Waals surface area contributed by atoms with Gasteiger partial charge < -0.3 is 20.5 Å². The van der Waals surface area contributed by atoms with Gasteiger partial charge in [0, 0.05) is 11.9 Å². The summed E-state index contributed by atoms with van der Waals surface area (Å²) in [6.45, 7) is 11.8. The fourth-order valence-electron chi connectivity index (χ4n) is 3.93. The van der Waals surface area contributed by atoms with Crippen molar-refractivity contribution >= 4 is 27.9 Å². The fourth-order valence-corrected chi connectivity index (χ4v) is 4.31. The first-order valence-corrected chi connectivity index (χ1v) is 16.1. The van der Waals surface area contributed by atoms with E-state index < -0.39 is 11.2 Å². The number of benzene rings is 4. The third-order valence-electron chi connectivity index (χ3n) is 5.88. The number of nitrogens with one attached hydrogen (secondary N) is 1. The molecule has 0 aliphatic carbocycles. The summed E-state index contributed by atoms with van der Waals surface area (Å²) in [6.07, 6.45) is 0. The lowest BCUT2D eigenvalue weighted by Gasteiger charge is -2.19. The number of halogens is 1. The van der Waals surface area contributed by atoms with Crippen molar-refractivity contribution in [2.45, 2.75) is 64.6 Å². The Kier molecular flexibility index (Phi) is 15.7. The Labute approximate surface area is 277 Å². The summed E-state index contributed by atoms with van der Waals surface area (Å²) in [5.41, 5.74) is 11.6. The van der Waals surface area contributed by atoms with Crippen molar-refractivity contribution in [2.75, 3.05) is 13.1 Å². The standard InChI is InChI=1S/C19H23NO2.C13H11Br.C6H13NO2/c1-19(2,3)22-18(21)14-20-13-15-9-11-17(12-10-15)16-7-5-4-6-8-16;14-10-11-6-8-13(9-7-11)12-4-2-1-3-5-12;1-6(2,3)9-5(8)4-7/h4-12,20H,13-14H2,1-3H3;1-9H,10H2;4,7H2,1-3H3. The largest absolute Gasteiger partial charge is 0.459 e. The third-order valence-corrected chi connectivity index (χ3v) is 6.53. The highest BCUT2D eigenvalue weighted by molar-refractivity contribution is 9.08. The van der Waals surface area contributed by atoms with E-state index in [-0.39, 0.29) is 25.0 Å². The number of hydrogen-bond acceptors (Lipinski definition) is 6. The van der Waals surface area contributed by atoms with Gasteiger partial charge in [-0.15, -0.1) is 0 Å². The van der Waals surface area contributed by atoms with Crippen molar-refractivity contribution in [1.82, 2.24) is 5.32 Å². The summed E-state index contributed by atoms with van der Waals surface area (Å²) in [7, 11) is 0. The Balaban J connectivity index is 0.000000262.